The second-order valence-electron chi connectivity index (χ2n) is 7.69. The fourth-order valence-electron chi connectivity index (χ4n) is 3.54. The van der Waals surface area contributed by atoms with Crippen molar-refractivity contribution >= 4 is 62.2 Å². The second kappa shape index (κ2) is 11.1. The molecular weight excluding hydrogens is 535 g/mol. The molecule has 0 amide bonds. The molecule has 0 aliphatic carbocycles. The van der Waals surface area contributed by atoms with Crippen LogP contribution in [0.3, 0.4) is 0 Å². The van der Waals surface area contributed by atoms with Gasteiger partial charge in [0, 0.05) is 13.1 Å². The van der Waals surface area contributed by atoms with Gasteiger partial charge in [-0.25, -0.2) is 13.2 Å². The number of carbonyl (C=O) groups excluding carboxylic acids is 1. The average Bonchev–Trinajstić information content (AvgIpc) is 2.85. The van der Waals surface area contributed by atoms with Crippen LogP contribution in [0.2, 0.25) is 15.1 Å². The summed E-state index contributed by atoms with van der Waals surface area (Å²) in [6, 6.07) is 15.9. The van der Waals surface area contributed by atoms with E-state index in [4.69, 9.17) is 44.3 Å². The van der Waals surface area contributed by atoms with Crippen LogP contribution in [0.4, 0.5) is 11.4 Å². The van der Waals surface area contributed by atoms with E-state index >= 15 is 0 Å². The number of carbonyl (C=O) groups is 1. The van der Waals surface area contributed by atoms with Crippen molar-refractivity contribution in [2.24, 2.45) is 0 Å². The number of hydrogen-bond donors (Lipinski definition) is 1. The summed E-state index contributed by atoms with van der Waals surface area (Å²) in [5, 5.41) is 0.697. The van der Waals surface area contributed by atoms with Gasteiger partial charge in [-0.2, -0.15) is 0 Å². The Labute approximate surface area is 218 Å². The molecule has 1 aliphatic heterocycles. The first-order valence-electron chi connectivity index (χ1n) is 10.6. The van der Waals surface area contributed by atoms with Gasteiger partial charge in [0.25, 0.3) is 10.0 Å². The summed E-state index contributed by atoms with van der Waals surface area (Å²) in [6.07, 6.45) is 0. The van der Waals surface area contributed by atoms with Gasteiger partial charge in [0.15, 0.2) is 0 Å². The van der Waals surface area contributed by atoms with Crippen molar-refractivity contribution in [1.29, 1.82) is 0 Å². The summed E-state index contributed by atoms with van der Waals surface area (Å²) >= 11 is 18.1. The van der Waals surface area contributed by atoms with E-state index in [2.05, 4.69) is 4.72 Å². The number of sulfonamides is 1. The molecule has 11 heteroatoms. The van der Waals surface area contributed by atoms with Gasteiger partial charge in [-0.05, 0) is 48.0 Å². The normalized spacial score (nSPS) is 14.0. The van der Waals surface area contributed by atoms with Crippen molar-refractivity contribution < 1.29 is 22.7 Å². The molecule has 0 saturated carbocycles. The zero-order valence-corrected chi connectivity index (χ0v) is 21.4. The van der Waals surface area contributed by atoms with Crippen molar-refractivity contribution in [1.82, 2.24) is 0 Å². The first-order valence-corrected chi connectivity index (χ1v) is 13.2. The third-order valence-corrected chi connectivity index (χ3v) is 7.90. The Kier molecular flexibility index (Phi) is 8.09. The Morgan fingerprint density at radius 2 is 1.66 bits per heavy atom. The van der Waals surface area contributed by atoms with E-state index in [-0.39, 0.29) is 22.1 Å². The van der Waals surface area contributed by atoms with Gasteiger partial charge in [0.1, 0.15) is 11.5 Å². The summed E-state index contributed by atoms with van der Waals surface area (Å²) in [7, 11) is -4.12. The molecule has 1 N–H and O–H groups in total. The molecule has 0 aromatic heterocycles. The topological polar surface area (TPSA) is 84.9 Å². The van der Waals surface area contributed by atoms with Crippen LogP contribution in [0.5, 0.6) is 0 Å². The molecule has 0 radical (unpaired) electrons. The van der Waals surface area contributed by atoms with Crippen LogP contribution >= 0.6 is 34.8 Å². The lowest BCUT2D eigenvalue weighted by molar-refractivity contribution is 0.0472. The van der Waals surface area contributed by atoms with Gasteiger partial charge in [0.05, 0.1) is 45.2 Å². The molecule has 3 aromatic carbocycles. The Hall–Kier alpha value is -2.49. The highest BCUT2D eigenvalue weighted by Crippen LogP contribution is 2.31. The zero-order chi connectivity index (χ0) is 25.0. The van der Waals surface area contributed by atoms with Gasteiger partial charge in [0.2, 0.25) is 0 Å². The highest BCUT2D eigenvalue weighted by Gasteiger charge is 2.23. The molecule has 4 rings (SSSR count). The minimum atomic E-state index is -4.12. The molecule has 3 aromatic rings. The number of halogens is 3. The molecule has 0 atom stereocenters. The SMILES string of the molecule is O=C(OCc1ccc(Cl)c(Cl)c1)c1ccc(Cl)c(S(=O)(=O)Nc2ccccc2N2CCOCC2)c1. The zero-order valence-electron chi connectivity index (χ0n) is 18.3. The number of rotatable bonds is 7. The van der Waals surface area contributed by atoms with Crippen LogP contribution < -0.4 is 9.62 Å². The van der Waals surface area contributed by atoms with Crippen molar-refractivity contribution in [3.8, 4) is 0 Å². The van der Waals surface area contributed by atoms with Crippen LogP contribution in [-0.4, -0.2) is 40.7 Å². The quantitative estimate of drug-likeness (QED) is 0.380. The van der Waals surface area contributed by atoms with Crippen molar-refractivity contribution in [2.75, 3.05) is 35.9 Å². The van der Waals surface area contributed by atoms with Crippen LogP contribution in [0.25, 0.3) is 0 Å². The molecule has 1 aliphatic rings. The summed E-state index contributed by atoms with van der Waals surface area (Å²) in [5.74, 6) is -0.710. The van der Waals surface area contributed by atoms with E-state index in [9.17, 15) is 13.2 Å². The second-order valence-corrected chi connectivity index (χ2v) is 10.6. The Balaban J connectivity index is 1.54. The molecule has 1 fully saturated rings. The lowest BCUT2D eigenvalue weighted by Gasteiger charge is -2.30. The number of benzene rings is 3. The Morgan fingerprint density at radius 3 is 2.40 bits per heavy atom. The average molecular weight is 556 g/mol. The smallest absolute Gasteiger partial charge is 0.338 e. The molecule has 0 unspecified atom stereocenters. The summed E-state index contributed by atoms with van der Waals surface area (Å²) in [5.41, 5.74) is 1.80. The van der Waals surface area contributed by atoms with Gasteiger partial charge < -0.3 is 14.4 Å². The third kappa shape index (κ3) is 6.20. The van der Waals surface area contributed by atoms with E-state index in [0.29, 0.717) is 47.6 Å². The Morgan fingerprint density at radius 1 is 0.943 bits per heavy atom. The summed E-state index contributed by atoms with van der Waals surface area (Å²) in [4.78, 5) is 14.4. The lowest BCUT2D eigenvalue weighted by atomic mass is 10.2. The third-order valence-electron chi connectivity index (χ3n) is 5.31. The molecule has 184 valence electrons. The highest BCUT2D eigenvalue weighted by molar-refractivity contribution is 7.92. The van der Waals surface area contributed by atoms with Crippen LogP contribution in [0.15, 0.2) is 65.6 Å². The molecule has 0 spiro atoms. The Bertz CT molecular complexity index is 1340. The maximum Gasteiger partial charge on any atom is 0.338 e. The van der Waals surface area contributed by atoms with Gasteiger partial charge in [-0.15, -0.1) is 0 Å². The largest absolute Gasteiger partial charge is 0.457 e. The number of anilines is 2. The van der Waals surface area contributed by atoms with Gasteiger partial charge in [-0.3, -0.25) is 4.72 Å². The fourth-order valence-corrected chi connectivity index (χ4v) is 5.46. The van der Waals surface area contributed by atoms with Crippen LogP contribution in [0, 0.1) is 0 Å². The predicted octanol–water partition coefficient (Wildman–Crippen LogP) is 5.64. The predicted molar refractivity (Wildman–Crippen MR) is 137 cm³/mol. The molecule has 1 heterocycles. The monoisotopic (exact) mass is 554 g/mol. The van der Waals surface area contributed by atoms with Gasteiger partial charge in [-0.1, -0.05) is 53.0 Å². The number of hydrogen-bond acceptors (Lipinski definition) is 6. The maximum atomic E-state index is 13.3. The molecular formula is C24H21Cl3N2O5S. The first kappa shape index (κ1) is 25.6. The highest BCUT2D eigenvalue weighted by atomic mass is 35.5. The number of para-hydroxylation sites is 2. The molecule has 35 heavy (non-hydrogen) atoms. The standard InChI is InChI=1S/C24H21Cl3N2O5S/c25-18-7-5-16(13-20(18)27)15-34-24(30)17-6-8-19(26)23(14-17)35(31,32)28-21-3-1-2-4-22(21)29-9-11-33-12-10-29/h1-8,13-14,28H,9-12,15H2. The minimum absolute atomic E-state index is 0.0256. The maximum absolute atomic E-state index is 13.3. The number of morpholine rings is 1. The van der Waals surface area contributed by atoms with Crippen molar-refractivity contribution in [3.05, 3.63) is 86.9 Å². The van der Waals surface area contributed by atoms with Crippen molar-refractivity contribution in [3.63, 3.8) is 0 Å². The van der Waals surface area contributed by atoms with E-state index < -0.39 is 16.0 Å². The number of nitrogens with zero attached hydrogens (tertiary/aromatic N) is 1. The number of esters is 1. The van der Waals surface area contributed by atoms with Crippen LogP contribution in [-0.2, 0) is 26.1 Å². The molecule has 1 saturated heterocycles. The summed E-state index contributed by atoms with van der Waals surface area (Å²) in [6.45, 7) is 2.32. The van der Waals surface area contributed by atoms with Crippen LogP contribution in [0.1, 0.15) is 15.9 Å². The minimum Gasteiger partial charge on any atom is -0.457 e. The van der Waals surface area contributed by atoms with E-state index in [1.807, 2.05) is 17.0 Å². The summed E-state index contributed by atoms with van der Waals surface area (Å²) < 4.78 is 39.8. The van der Waals surface area contributed by atoms with E-state index in [1.54, 1.807) is 30.3 Å². The van der Waals surface area contributed by atoms with E-state index in [0.717, 1.165) is 5.69 Å². The van der Waals surface area contributed by atoms with E-state index in [1.165, 1.54) is 18.2 Å². The fraction of sp³-hybridized carbons (Fsp3) is 0.208. The van der Waals surface area contributed by atoms with Crippen molar-refractivity contribution in [2.45, 2.75) is 11.5 Å². The molecule has 7 nitrogen and oxygen atoms in total. The number of nitrogens with one attached hydrogen (secondary N) is 1. The molecule has 0 bridgehead atoms. The lowest BCUT2D eigenvalue weighted by Crippen LogP contribution is -2.36. The number of ether oxygens (including phenoxy) is 2. The van der Waals surface area contributed by atoms with Gasteiger partial charge >= 0.3 is 5.97 Å². The first-order chi connectivity index (χ1) is 16.7.